The Balaban J connectivity index is 2.61. The maximum absolute atomic E-state index is 10.6. The van der Waals surface area contributed by atoms with Crippen molar-refractivity contribution in [2.75, 3.05) is 6.61 Å². The van der Waals surface area contributed by atoms with Crippen LogP contribution in [0.3, 0.4) is 0 Å². The number of amides is 1. The van der Waals surface area contributed by atoms with Gasteiger partial charge in [0.25, 0.3) is 0 Å². The molecule has 1 amide bonds. The largest absolute Gasteiger partial charge is 0.394 e. The Kier molecular flexibility index (Phi) is 0.921. The molecule has 3 nitrogen and oxygen atoms in total. The van der Waals surface area contributed by atoms with E-state index in [1.165, 1.54) is 0 Å². The molecule has 1 aliphatic rings. The molecule has 0 aromatic heterocycles. The molecule has 1 saturated heterocycles. The Hall–Kier alpha value is -0.570. The van der Waals surface area contributed by atoms with Crippen LogP contribution in [0.1, 0.15) is 15.5 Å². The number of carbonyl (C=O) groups is 1. The lowest BCUT2D eigenvalue weighted by molar-refractivity contribution is -0.119. The van der Waals surface area contributed by atoms with Crippen molar-refractivity contribution in [2.24, 2.45) is 0 Å². The average Bonchev–Trinajstić information content (AvgIpc) is 2.17. The zero-order chi connectivity index (χ0) is 7.72. The number of aliphatic hydroxyl groups excluding tert-OH is 1. The Bertz CT molecular complexity index is 153. The first-order chi connectivity index (χ1) is 4.66. The minimum absolute atomic E-state index is 0.255. The molecule has 3 atom stereocenters. The summed E-state index contributed by atoms with van der Waals surface area (Å²) in [5.74, 6) is -0.459. The third-order valence-corrected chi connectivity index (χ3v) is 1.00. The minimum atomic E-state index is -1.03. The Labute approximate surface area is 50.5 Å². The molecule has 0 saturated carbocycles. The van der Waals surface area contributed by atoms with E-state index in [0.717, 1.165) is 0 Å². The molecule has 0 bridgehead atoms. The van der Waals surface area contributed by atoms with Gasteiger partial charge in [-0.05, 0) is 6.40 Å². The van der Waals surface area contributed by atoms with Crippen LogP contribution in [0.5, 0.6) is 0 Å². The molecular formula is C5H9NO2. The number of nitrogens with one attached hydrogen (secondary N) is 1. The summed E-state index contributed by atoms with van der Waals surface area (Å²) in [7, 11) is 0. The maximum atomic E-state index is 10.6. The highest BCUT2D eigenvalue weighted by atomic mass is 16.3. The third-order valence-electron chi connectivity index (χ3n) is 1.00. The molecule has 2 N–H and O–H groups in total. The summed E-state index contributed by atoms with van der Waals surface area (Å²) in [6.45, 7) is -0.255. The molecule has 1 aliphatic heterocycles. The van der Waals surface area contributed by atoms with E-state index in [9.17, 15) is 4.79 Å². The van der Waals surface area contributed by atoms with Crippen LogP contribution < -0.4 is 5.32 Å². The first-order valence-corrected chi connectivity index (χ1v) is 2.42. The molecule has 1 rings (SSSR count). The van der Waals surface area contributed by atoms with Gasteiger partial charge in [-0.3, -0.25) is 4.79 Å². The number of hydrogen-bond donors (Lipinski definition) is 2. The van der Waals surface area contributed by atoms with Gasteiger partial charge in [0.05, 0.1) is 12.6 Å². The summed E-state index contributed by atoms with van der Waals surface area (Å²) >= 11 is 0. The van der Waals surface area contributed by atoms with Gasteiger partial charge in [0.1, 0.15) is 0 Å². The van der Waals surface area contributed by atoms with Crippen LogP contribution in [-0.2, 0) is 4.79 Å². The summed E-state index contributed by atoms with van der Waals surface area (Å²) in [5, 5.41) is 10.9. The van der Waals surface area contributed by atoms with Crippen molar-refractivity contribution < 1.29 is 12.6 Å². The number of aliphatic hydroxyl groups is 1. The Morgan fingerprint density at radius 1 is 2.12 bits per heavy atom. The van der Waals surface area contributed by atoms with E-state index < -0.39 is 24.7 Å². The molecule has 8 heavy (non-hydrogen) atoms. The normalized spacial score (nSPS) is 50.1. The van der Waals surface area contributed by atoms with Crippen molar-refractivity contribution in [2.45, 2.75) is 18.8 Å². The Morgan fingerprint density at radius 3 is 3.12 bits per heavy atom. The van der Waals surface area contributed by atoms with Crippen molar-refractivity contribution in [1.29, 1.82) is 0 Å². The van der Waals surface area contributed by atoms with E-state index in [2.05, 4.69) is 5.32 Å². The molecule has 0 radical (unpaired) electrons. The average molecular weight is 117 g/mol. The van der Waals surface area contributed by atoms with Crippen LogP contribution in [0, 0.1) is 0 Å². The summed E-state index contributed by atoms with van der Waals surface area (Å²) in [6.07, 6.45) is -1.85. The van der Waals surface area contributed by atoms with Gasteiger partial charge in [-0.1, -0.05) is 0 Å². The first-order valence-electron chi connectivity index (χ1n) is 3.58. The van der Waals surface area contributed by atoms with Crippen LogP contribution in [0.15, 0.2) is 0 Å². The van der Waals surface area contributed by atoms with Crippen molar-refractivity contribution in [3.05, 3.63) is 0 Å². The number of carbonyl (C=O) groups excluding carboxylic acids is 1. The van der Waals surface area contributed by atoms with Crippen molar-refractivity contribution in [3.8, 4) is 0 Å². The lowest BCUT2D eigenvalue weighted by Gasteiger charge is -2.01. The fourth-order valence-corrected chi connectivity index (χ4v) is 0.589. The third kappa shape index (κ3) is 0.980. The highest BCUT2D eigenvalue weighted by molar-refractivity contribution is 5.78. The standard InChI is InChI=1S/C5H9NO2/c7-3-4-1-2-5(8)6-4/h4,7H,1-3H2,(H,6,8)/t4-/m0/s1/i1D,2D/t1-,2+,4+/m1. The first kappa shape index (κ1) is 3.45. The van der Waals surface area contributed by atoms with E-state index in [4.69, 9.17) is 7.85 Å². The van der Waals surface area contributed by atoms with Gasteiger partial charge in [0.2, 0.25) is 5.91 Å². The van der Waals surface area contributed by atoms with Crippen molar-refractivity contribution in [1.82, 2.24) is 5.32 Å². The predicted octanol–water partition coefficient (Wildman–Crippen LogP) is -0.743. The van der Waals surface area contributed by atoms with E-state index in [1.54, 1.807) is 0 Å². The van der Waals surface area contributed by atoms with Gasteiger partial charge < -0.3 is 10.4 Å². The zero-order valence-corrected chi connectivity index (χ0v) is 4.29. The molecular weight excluding hydrogens is 106 g/mol. The van der Waals surface area contributed by atoms with Crippen molar-refractivity contribution >= 4 is 5.91 Å². The van der Waals surface area contributed by atoms with E-state index in [0.29, 0.717) is 0 Å². The highest BCUT2D eigenvalue weighted by Crippen LogP contribution is 2.04. The molecule has 1 fully saturated rings. The van der Waals surface area contributed by atoms with Gasteiger partial charge in [0, 0.05) is 9.14 Å². The second-order valence-electron chi connectivity index (χ2n) is 1.66. The van der Waals surface area contributed by atoms with Crippen LogP contribution in [-0.4, -0.2) is 23.7 Å². The van der Waals surface area contributed by atoms with Crippen LogP contribution >= 0.6 is 0 Å². The molecule has 0 spiro atoms. The van der Waals surface area contributed by atoms with Gasteiger partial charge in [-0.2, -0.15) is 0 Å². The Morgan fingerprint density at radius 2 is 2.88 bits per heavy atom. The van der Waals surface area contributed by atoms with Crippen LogP contribution in [0.4, 0.5) is 0 Å². The summed E-state index contributed by atoms with van der Waals surface area (Å²) in [6, 6.07) is -0.546. The molecule has 0 unspecified atom stereocenters. The van der Waals surface area contributed by atoms with Crippen LogP contribution in [0.2, 0.25) is 0 Å². The summed E-state index contributed by atoms with van der Waals surface area (Å²) < 4.78 is 14.3. The maximum Gasteiger partial charge on any atom is 0.220 e. The lowest BCUT2D eigenvalue weighted by Crippen LogP contribution is -2.28. The molecule has 1 heterocycles. The molecule has 46 valence electrons. The molecule has 0 aliphatic carbocycles. The SMILES string of the molecule is [2H][C@@H]1[C@H]([2H])C(=O)N[C@@H]1CO. The number of rotatable bonds is 1. The zero-order valence-electron chi connectivity index (χ0n) is 6.29. The fraction of sp³-hybridized carbons (Fsp3) is 0.800. The molecule has 0 aromatic rings. The van der Waals surface area contributed by atoms with Gasteiger partial charge in [-0.15, -0.1) is 0 Å². The minimum Gasteiger partial charge on any atom is -0.394 e. The smallest absolute Gasteiger partial charge is 0.220 e. The van der Waals surface area contributed by atoms with Gasteiger partial charge in [-0.25, -0.2) is 0 Å². The molecule has 0 aromatic carbocycles. The van der Waals surface area contributed by atoms with Crippen LogP contribution in [0.25, 0.3) is 0 Å². The van der Waals surface area contributed by atoms with Gasteiger partial charge in [0.15, 0.2) is 0 Å². The van der Waals surface area contributed by atoms with Gasteiger partial charge >= 0.3 is 0 Å². The lowest BCUT2D eigenvalue weighted by atomic mass is 10.2. The highest BCUT2D eigenvalue weighted by Gasteiger charge is 2.18. The van der Waals surface area contributed by atoms with E-state index >= 15 is 0 Å². The summed E-state index contributed by atoms with van der Waals surface area (Å²) in [5.41, 5.74) is 0. The monoisotopic (exact) mass is 117 g/mol. The fourth-order valence-electron chi connectivity index (χ4n) is 0.589. The number of hydrogen-bond acceptors (Lipinski definition) is 2. The second kappa shape index (κ2) is 2.13. The van der Waals surface area contributed by atoms with E-state index in [1.807, 2.05) is 0 Å². The van der Waals surface area contributed by atoms with E-state index in [-0.39, 0.29) is 6.61 Å². The summed E-state index contributed by atoms with van der Waals surface area (Å²) in [4.78, 5) is 10.6. The predicted molar refractivity (Wildman–Crippen MR) is 28.3 cm³/mol. The van der Waals surface area contributed by atoms with Crippen molar-refractivity contribution in [3.63, 3.8) is 0 Å². The quantitative estimate of drug-likeness (QED) is 0.475. The second-order valence-corrected chi connectivity index (χ2v) is 1.66. The molecule has 3 heteroatoms. The topological polar surface area (TPSA) is 49.3 Å².